The summed E-state index contributed by atoms with van der Waals surface area (Å²) in [6.45, 7) is 4.25. The van der Waals surface area contributed by atoms with Crippen LogP contribution >= 0.6 is 0 Å². The van der Waals surface area contributed by atoms with Crippen LogP contribution in [0.2, 0.25) is 0 Å². The van der Waals surface area contributed by atoms with Crippen molar-refractivity contribution < 1.29 is 0 Å². The highest BCUT2D eigenvalue weighted by Crippen LogP contribution is 1.93. The first kappa shape index (κ1) is 5.15. The number of anilines is 1. The summed E-state index contributed by atoms with van der Waals surface area (Å²) in [6.07, 6.45) is 1.79. The highest BCUT2D eigenvalue weighted by Gasteiger charge is 1.86. The Labute approximate surface area is 48.1 Å². The van der Waals surface area contributed by atoms with Crippen molar-refractivity contribution in [1.29, 1.82) is 0 Å². The van der Waals surface area contributed by atoms with Crippen molar-refractivity contribution in [3.8, 4) is 0 Å². The Morgan fingerprint density at radius 3 is 2.88 bits per heavy atom. The SMILES string of the molecule is [CH2]Cn1ccc(N)n1. The fourth-order valence-electron chi connectivity index (χ4n) is 0.502. The van der Waals surface area contributed by atoms with Crippen LogP contribution in [0, 0.1) is 6.92 Å². The molecule has 43 valence electrons. The van der Waals surface area contributed by atoms with E-state index in [9.17, 15) is 0 Å². The van der Waals surface area contributed by atoms with E-state index in [0.29, 0.717) is 12.4 Å². The van der Waals surface area contributed by atoms with Gasteiger partial charge in [0.2, 0.25) is 0 Å². The summed E-state index contributed by atoms with van der Waals surface area (Å²) in [7, 11) is 0. The van der Waals surface area contributed by atoms with E-state index in [4.69, 9.17) is 5.73 Å². The van der Waals surface area contributed by atoms with Crippen LogP contribution in [0.1, 0.15) is 0 Å². The van der Waals surface area contributed by atoms with E-state index in [1.807, 2.05) is 0 Å². The summed E-state index contributed by atoms with van der Waals surface area (Å²) in [5, 5.41) is 3.86. The minimum atomic E-state index is 0.550. The van der Waals surface area contributed by atoms with E-state index in [1.165, 1.54) is 0 Å². The fraction of sp³-hybridized carbons (Fsp3) is 0.200. The summed E-state index contributed by atoms with van der Waals surface area (Å²) in [4.78, 5) is 0. The monoisotopic (exact) mass is 110 g/mol. The van der Waals surface area contributed by atoms with E-state index in [-0.39, 0.29) is 0 Å². The molecule has 0 fully saturated rings. The Morgan fingerprint density at radius 1 is 1.88 bits per heavy atom. The molecule has 3 heteroatoms. The van der Waals surface area contributed by atoms with Crippen molar-refractivity contribution >= 4 is 5.82 Å². The number of aromatic nitrogens is 2. The Bertz CT molecular complexity index is 168. The minimum Gasteiger partial charge on any atom is -0.382 e. The molecule has 0 saturated carbocycles. The van der Waals surface area contributed by atoms with Crippen LogP contribution in [0.5, 0.6) is 0 Å². The van der Waals surface area contributed by atoms with E-state index in [2.05, 4.69) is 12.0 Å². The van der Waals surface area contributed by atoms with Crippen molar-refractivity contribution in [2.75, 3.05) is 5.73 Å². The molecule has 0 amide bonds. The van der Waals surface area contributed by atoms with Crippen molar-refractivity contribution in [1.82, 2.24) is 9.78 Å². The molecule has 0 atom stereocenters. The van der Waals surface area contributed by atoms with E-state index in [0.717, 1.165) is 0 Å². The molecule has 0 aromatic carbocycles. The highest BCUT2D eigenvalue weighted by molar-refractivity contribution is 5.23. The number of nitrogen functional groups attached to an aromatic ring is 1. The maximum Gasteiger partial charge on any atom is 0.145 e. The number of hydrogen-bond acceptors (Lipinski definition) is 2. The molecule has 1 heterocycles. The average molecular weight is 110 g/mol. The van der Waals surface area contributed by atoms with Gasteiger partial charge in [0.25, 0.3) is 0 Å². The van der Waals surface area contributed by atoms with Gasteiger partial charge in [0.05, 0.1) is 0 Å². The molecule has 1 rings (SSSR count). The van der Waals surface area contributed by atoms with Gasteiger partial charge in [0, 0.05) is 12.7 Å². The number of rotatable bonds is 1. The second-order valence-electron chi connectivity index (χ2n) is 1.50. The van der Waals surface area contributed by atoms with Gasteiger partial charge in [-0.3, -0.25) is 4.68 Å². The Balaban J connectivity index is 2.84. The summed E-state index contributed by atoms with van der Waals surface area (Å²) >= 11 is 0. The Kier molecular flexibility index (Phi) is 1.20. The van der Waals surface area contributed by atoms with Gasteiger partial charge in [-0.1, -0.05) is 0 Å². The molecule has 0 bridgehead atoms. The molecule has 1 radical (unpaired) electrons. The molecule has 0 spiro atoms. The topological polar surface area (TPSA) is 43.8 Å². The lowest BCUT2D eigenvalue weighted by Gasteiger charge is -1.88. The summed E-state index contributed by atoms with van der Waals surface area (Å²) < 4.78 is 1.68. The van der Waals surface area contributed by atoms with E-state index < -0.39 is 0 Å². The first-order valence-electron chi connectivity index (χ1n) is 2.41. The quantitative estimate of drug-likeness (QED) is 0.565. The molecule has 3 nitrogen and oxygen atoms in total. The van der Waals surface area contributed by atoms with Crippen LogP contribution in [-0.2, 0) is 6.54 Å². The zero-order chi connectivity index (χ0) is 5.98. The molecule has 2 N–H and O–H groups in total. The van der Waals surface area contributed by atoms with E-state index >= 15 is 0 Å². The largest absolute Gasteiger partial charge is 0.382 e. The minimum absolute atomic E-state index is 0.550. The van der Waals surface area contributed by atoms with Crippen LogP contribution in [0.4, 0.5) is 5.82 Å². The molecule has 1 aromatic rings. The van der Waals surface area contributed by atoms with Crippen molar-refractivity contribution in [3.05, 3.63) is 19.2 Å². The lowest BCUT2D eigenvalue weighted by molar-refractivity contribution is 0.703. The number of nitrogens with two attached hydrogens (primary N) is 1. The van der Waals surface area contributed by atoms with Gasteiger partial charge in [0.15, 0.2) is 0 Å². The van der Waals surface area contributed by atoms with Crippen LogP contribution < -0.4 is 5.73 Å². The lowest BCUT2D eigenvalue weighted by atomic mass is 10.7. The highest BCUT2D eigenvalue weighted by atomic mass is 15.3. The Morgan fingerprint density at radius 2 is 2.62 bits per heavy atom. The molecule has 0 aliphatic heterocycles. The molecular formula is C5H8N3. The van der Waals surface area contributed by atoms with Crippen molar-refractivity contribution in [3.63, 3.8) is 0 Å². The summed E-state index contributed by atoms with van der Waals surface area (Å²) in [5.41, 5.74) is 5.29. The van der Waals surface area contributed by atoms with Gasteiger partial charge in [0.1, 0.15) is 5.82 Å². The molecule has 0 saturated heterocycles. The smallest absolute Gasteiger partial charge is 0.145 e. The maximum absolute atomic E-state index is 5.29. The predicted molar refractivity (Wildman–Crippen MR) is 32.0 cm³/mol. The van der Waals surface area contributed by atoms with Gasteiger partial charge >= 0.3 is 0 Å². The second-order valence-corrected chi connectivity index (χ2v) is 1.50. The molecule has 0 aliphatic rings. The fourth-order valence-corrected chi connectivity index (χ4v) is 0.502. The zero-order valence-electron chi connectivity index (χ0n) is 4.54. The maximum atomic E-state index is 5.29. The Hall–Kier alpha value is -0.990. The standard InChI is InChI=1S/C5H8N3/c1-2-8-4-3-5(6)7-8/h3-4H,1-2H2,(H2,6,7). The molecule has 8 heavy (non-hydrogen) atoms. The van der Waals surface area contributed by atoms with Crippen LogP contribution in [-0.4, -0.2) is 9.78 Å². The van der Waals surface area contributed by atoms with Gasteiger partial charge in [-0.2, -0.15) is 5.10 Å². The molecular weight excluding hydrogens is 102 g/mol. The van der Waals surface area contributed by atoms with Crippen LogP contribution in [0.15, 0.2) is 12.3 Å². The molecule has 1 aromatic heterocycles. The van der Waals surface area contributed by atoms with Crippen molar-refractivity contribution in [2.24, 2.45) is 0 Å². The normalized spacial score (nSPS) is 9.62. The van der Waals surface area contributed by atoms with Gasteiger partial charge in [-0.25, -0.2) is 0 Å². The van der Waals surface area contributed by atoms with Gasteiger partial charge in [-0.05, 0) is 13.0 Å². The lowest BCUT2D eigenvalue weighted by Crippen LogP contribution is -1.95. The third kappa shape index (κ3) is 0.804. The van der Waals surface area contributed by atoms with Gasteiger partial charge < -0.3 is 5.73 Å². The third-order valence-corrected chi connectivity index (χ3v) is 0.890. The summed E-state index contributed by atoms with van der Waals surface area (Å²) in [6, 6.07) is 1.74. The number of nitrogens with zero attached hydrogens (tertiary/aromatic N) is 2. The van der Waals surface area contributed by atoms with Crippen LogP contribution in [0.3, 0.4) is 0 Å². The first-order chi connectivity index (χ1) is 3.83. The van der Waals surface area contributed by atoms with Gasteiger partial charge in [-0.15, -0.1) is 0 Å². The average Bonchev–Trinajstić information content (AvgIpc) is 2.14. The first-order valence-corrected chi connectivity index (χ1v) is 2.41. The third-order valence-electron chi connectivity index (χ3n) is 0.890. The van der Waals surface area contributed by atoms with Crippen LogP contribution in [0.25, 0.3) is 0 Å². The van der Waals surface area contributed by atoms with E-state index in [1.54, 1.807) is 16.9 Å². The number of hydrogen-bond donors (Lipinski definition) is 1. The molecule has 0 aliphatic carbocycles. The second kappa shape index (κ2) is 1.86. The zero-order valence-corrected chi connectivity index (χ0v) is 4.54. The predicted octanol–water partition coefficient (Wildman–Crippen LogP) is 0.299. The molecule has 0 unspecified atom stereocenters. The van der Waals surface area contributed by atoms with Crippen molar-refractivity contribution in [2.45, 2.75) is 6.54 Å². The summed E-state index contributed by atoms with van der Waals surface area (Å²) in [5.74, 6) is 0.550.